The first kappa shape index (κ1) is 13.6. The summed E-state index contributed by atoms with van der Waals surface area (Å²) in [5.41, 5.74) is -0.112. The molecule has 104 valence electrons. The molecule has 1 aliphatic heterocycles. The number of hydrogen-bond acceptors (Lipinski definition) is 5. The molecule has 1 aliphatic rings. The number of aromatic nitrogens is 2. The Labute approximate surface area is 112 Å². The molecule has 2 heterocycles. The molecule has 0 spiro atoms. The van der Waals surface area contributed by atoms with Gasteiger partial charge in [0.2, 0.25) is 11.6 Å². The summed E-state index contributed by atoms with van der Waals surface area (Å²) >= 11 is 0. The molecular formula is C13H19N3O3. The number of carboxylic acid groups (broad SMARTS) is 1. The molecule has 0 saturated carbocycles. The van der Waals surface area contributed by atoms with Crippen LogP contribution in [0.2, 0.25) is 0 Å². The smallest absolute Gasteiger partial charge is 0.360 e. The van der Waals surface area contributed by atoms with Crippen LogP contribution in [-0.2, 0) is 0 Å². The summed E-state index contributed by atoms with van der Waals surface area (Å²) in [7, 11) is 0. The first-order chi connectivity index (χ1) is 9.22. The van der Waals surface area contributed by atoms with Crippen LogP contribution in [0.4, 0.5) is 5.82 Å². The molecule has 2 rings (SSSR count). The second-order valence-electron chi connectivity index (χ2n) is 4.58. The Morgan fingerprint density at radius 1 is 1.47 bits per heavy atom. The Bertz CT molecular complexity index is 445. The summed E-state index contributed by atoms with van der Waals surface area (Å²) in [5, 5.41) is 9.08. The minimum atomic E-state index is -1.10. The summed E-state index contributed by atoms with van der Waals surface area (Å²) in [6.45, 7) is 4.40. The Morgan fingerprint density at radius 3 is 2.84 bits per heavy atom. The zero-order chi connectivity index (χ0) is 13.7. The van der Waals surface area contributed by atoms with E-state index >= 15 is 0 Å². The summed E-state index contributed by atoms with van der Waals surface area (Å²) in [4.78, 5) is 21.5. The predicted molar refractivity (Wildman–Crippen MR) is 70.8 cm³/mol. The van der Waals surface area contributed by atoms with E-state index in [1.807, 2.05) is 6.92 Å². The molecule has 0 atom stereocenters. The van der Waals surface area contributed by atoms with Crippen LogP contribution in [0.1, 0.15) is 43.1 Å². The van der Waals surface area contributed by atoms with Gasteiger partial charge in [-0.1, -0.05) is 13.3 Å². The lowest BCUT2D eigenvalue weighted by Gasteiger charge is -2.17. The Kier molecular flexibility index (Phi) is 4.54. The molecule has 1 saturated heterocycles. The van der Waals surface area contributed by atoms with Crippen molar-refractivity contribution in [1.82, 2.24) is 9.97 Å². The van der Waals surface area contributed by atoms with Gasteiger partial charge in [-0.05, 0) is 19.3 Å². The van der Waals surface area contributed by atoms with Gasteiger partial charge in [0.25, 0.3) is 0 Å². The highest BCUT2D eigenvalue weighted by atomic mass is 16.5. The maximum absolute atomic E-state index is 11.1. The van der Waals surface area contributed by atoms with Gasteiger partial charge >= 0.3 is 5.97 Å². The Hall–Kier alpha value is -1.85. The molecule has 0 amide bonds. The first-order valence-corrected chi connectivity index (χ1v) is 6.70. The third kappa shape index (κ3) is 3.33. The van der Waals surface area contributed by atoms with Crippen molar-refractivity contribution in [2.45, 2.75) is 32.6 Å². The number of ether oxygens (including phenoxy) is 1. The zero-order valence-corrected chi connectivity index (χ0v) is 11.1. The number of nitrogens with zero attached hydrogens (tertiary/aromatic N) is 3. The molecule has 0 aliphatic carbocycles. The second kappa shape index (κ2) is 6.36. The number of carboxylic acids is 1. The molecule has 0 radical (unpaired) electrons. The fraction of sp³-hybridized carbons (Fsp3) is 0.615. The van der Waals surface area contributed by atoms with Crippen LogP contribution in [-0.4, -0.2) is 40.7 Å². The number of rotatable bonds is 6. The third-order valence-electron chi connectivity index (χ3n) is 3.10. The molecule has 6 heteroatoms. The summed E-state index contributed by atoms with van der Waals surface area (Å²) in [6.07, 6.45) is 5.64. The van der Waals surface area contributed by atoms with Crippen molar-refractivity contribution in [3.8, 4) is 5.88 Å². The van der Waals surface area contributed by atoms with Crippen molar-refractivity contribution in [2.75, 3.05) is 24.6 Å². The lowest BCUT2D eigenvalue weighted by atomic mass is 10.3. The minimum absolute atomic E-state index is 0.112. The monoisotopic (exact) mass is 265 g/mol. The number of aromatic carboxylic acids is 1. The van der Waals surface area contributed by atoms with Gasteiger partial charge in [-0.25, -0.2) is 9.78 Å². The van der Waals surface area contributed by atoms with Crippen LogP contribution in [0.3, 0.4) is 0 Å². The summed E-state index contributed by atoms with van der Waals surface area (Å²) in [5.74, 6) is -0.272. The number of carbonyl (C=O) groups is 1. The topological polar surface area (TPSA) is 75.5 Å². The highest BCUT2D eigenvalue weighted by Gasteiger charge is 2.20. The highest BCUT2D eigenvalue weighted by molar-refractivity contribution is 5.88. The second-order valence-corrected chi connectivity index (χ2v) is 4.58. The van der Waals surface area contributed by atoms with E-state index in [0.717, 1.165) is 38.8 Å². The standard InChI is InChI=1S/C13H19N3O3/c1-2-3-8-19-12-11(13(17)18)14-9-10(15-12)16-6-4-5-7-16/h9H,2-8H2,1H3,(H,17,18). The van der Waals surface area contributed by atoms with Crippen molar-refractivity contribution >= 4 is 11.8 Å². The summed E-state index contributed by atoms with van der Waals surface area (Å²) in [6, 6.07) is 0. The fourth-order valence-corrected chi connectivity index (χ4v) is 2.02. The molecular weight excluding hydrogens is 246 g/mol. The number of hydrogen-bond donors (Lipinski definition) is 1. The van der Waals surface area contributed by atoms with E-state index in [-0.39, 0.29) is 11.6 Å². The van der Waals surface area contributed by atoms with E-state index in [1.165, 1.54) is 6.20 Å². The van der Waals surface area contributed by atoms with E-state index in [1.54, 1.807) is 0 Å². The predicted octanol–water partition coefficient (Wildman–Crippen LogP) is 1.95. The molecule has 1 aromatic heterocycles. The van der Waals surface area contributed by atoms with Crippen LogP contribution in [0, 0.1) is 0 Å². The molecule has 0 bridgehead atoms. The maximum Gasteiger partial charge on any atom is 0.360 e. The maximum atomic E-state index is 11.1. The van der Waals surface area contributed by atoms with Crippen molar-refractivity contribution in [3.05, 3.63) is 11.9 Å². The Balaban J connectivity index is 2.18. The van der Waals surface area contributed by atoms with E-state index < -0.39 is 5.97 Å². The van der Waals surface area contributed by atoms with Crippen LogP contribution in [0.5, 0.6) is 5.88 Å². The van der Waals surface area contributed by atoms with Crippen molar-refractivity contribution in [3.63, 3.8) is 0 Å². The highest BCUT2D eigenvalue weighted by Crippen LogP contribution is 2.22. The molecule has 6 nitrogen and oxygen atoms in total. The molecule has 1 aromatic rings. The van der Waals surface area contributed by atoms with Gasteiger partial charge in [-0.3, -0.25) is 0 Å². The van der Waals surface area contributed by atoms with Gasteiger partial charge in [0.15, 0.2) is 5.82 Å². The van der Waals surface area contributed by atoms with Gasteiger partial charge in [0, 0.05) is 13.1 Å². The van der Waals surface area contributed by atoms with Crippen molar-refractivity contribution in [1.29, 1.82) is 0 Å². The fourth-order valence-electron chi connectivity index (χ4n) is 2.02. The molecule has 0 unspecified atom stereocenters. The van der Waals surface area contributed by atoms with Crippen LogP contribution in [0.15, 0.2) is 6.20 Å². The van der Waals surface area contributed by atoms with Gasteiger partial charge in [-0.15, -0.1) is 0 Å². The van der Waals surface area contributed by atoms with E-state index in [2.05, 4.69) is 14.9 Å². The normalized spacial score (nSPS) is 14.7. The van der Waals surface area contributed by atoms with Gasteiger partial charge in [-0.2, -0.15) is 4.98 Å². The molecule has 1 N–H and O–H groups in total. The molecule has 0 aromatic carbocycles. The average molecular weight is 265 g/mol. The summed E-state index contributed by atoms with van der Waals surface area (Å²) < 4.78 is 5.46. The van der Waals surface area contributed by atoms with E-state index in [9.17, 15) is 4.79 Å². The average Bonchev–Trinajstić information content (AvgIpc) is 2.92. The zero-order valence-electron chi connectivity index (χ0n) is 11.1. The lowest BCUT2D eigenvalue weighted by molar-refractivity contribution is 0.0684. The van der Waals surface area contributed by atoms with Crippen LogP contribution in [0.25, 0.3) is 0 Å². The molecule has 1 fully saturated rings. The lowest BCUT2D eigenvalue weighted by Crippen LogP contribution is -2.20. The van der Waals surface area contributed by atoms with Gasteiger partial charge in [0.05, 0.1) is 12.8 Å². The van der Waals surface area contributed by atoms with E-state index in [4.69, 9.17) is 9.84 Å². The van der Waals surface area contributed by atoms with Crippen LogP contribution < -0.4 is 9.64 Å². The number of anilines is 1. The SMILES string of the molecule is CCCCOc1nc(N2CCCC2)cnc1C(=O)O. The van der Waals surface area contributed by atoms with Gasteiger partial charge < -0.3 is 14.7 Å². The third-order valence-corrected chi connectivity index (χ3v) is 3.10. The van der Waals surface area contributed by atoms with Gasteiger partial charge in [0.1, 0.15) is 0 Å². The largest absolute Gasteiger partial charge is 0.476 e. The quantitative estimate of drug-likeness (QED) is 0.792. The number of unbranched alkanes of at least 4 members (excludes halogenated alkanes) is 1. The minimum Gasteiger partial charge on any atom is -0.476 e. The van der Waals surface area contributed by atoms with E-state index in [0.29, 0.717) is 12.4 Å². The molecule has 19 heavy (non-hydrogen) atoms. The first-order valence-electron chi connectivity index (χ1n) is 6.70. The van der Waals surface area contributed by atoms with Crippen molar-refractivity contribution in [2.24, 2.45) is 0 Å². The Morgan fingerprint density at radius 2 is 2.21 bits per heavy atom. The van der Waals surface area contributed by atoms with Crippen LogP contribution >= 0.6 is 0 Å². The van der Waals surface area contributed by atoms with Crippen molar-refractivity contribution < 1.29 is 14.6 Å².